The predicted molar refractivity (Wildman–Crippen MR) is 88.6 cm³/mol. The lowest BCUT2D eigenvalue weighted by atomic mass is 10.2. The van der Waals surface area contributed by atoms with E-state index in [9.17, 15) is 4.79 Å². The minimum Gasteiger partial charge on any atom is -0.508 e. The van der Waals surface area contributed by atoms with Crippen molar-refractivity contribution in [2.45, 2.75) is 5.22 Å². The number of aromatic nitrogens is 1. The molecule has 0 unspecified atom stereocenters. The molecular formula is C16H13N3O3S. The standard InChI is InChI=1S/C16H13N3O3S/c20-12-7-5-11(6-8-12)9-17-19-15(21)10-23-16-18-13-3-1-2-4-14(13)22-16/h1-9,20H,10H2,(H,19,21)/b17-9+. The maximum Gasteiger partial charge on any atom is 0.257 e. The molecule has 2 aromatic carbocycles. The number of phenols is 1. The van der Waals surface area contributed by atoms with Gasteiger partial charge in [0, 0.05) is 0 Å². The average Bonchev–Trinajstić information content (AvgIpc) is 2.98. The largest absolute Gasteiger partial charge is 0.508 e. The minimum atomic E-state index is -0.257. The van der Waals surface area contributed by atoms with E-state index in [1.54, 1.807) is 24.3 Å². The van der Waals surface area contributed by atoms with Crippen LogP contribution >= 0.6 is 11.8 Å². The summed E-state index contributed by atoms with van der Waals surface area (Å²) in [4.78, 5) is 16.0. The predicted octanol–water partition coefficient (Wildman–Crippen LogP) is 2.78. The summed E-state index contributed by atoms with van der Waals surface area (Å²) in [6, 6.07) is 13.9. The quantitative estimate of drug-likeness (QED) is 0.427. The second kappa shape index (κ2) is 6.97. The number of carbonyl (C=O) groups excluding carboxylic acids is 1. The molecule has 7 heteroatoms. The Morgan fingerprint density at radius 3 is 2.83 bits per heavy atom. The third-order valence-electron chi connectivity index (χ3n) is 2.90. The first kappa shape index (κ1) is 15.1. The van der Waals surface area contributed by atoms with Gasteiger partial charge in [-0.15, -0.1) is 0 Å². The smallest absolute Gasteiger partial charge is 0.257 e. The molecule has 23 heavy (non-hydrogen) atoms. The van der Waals surface area contributed by atoms with E-state index in [-0.39, 0.29) is 17.4 Å². The summed E-state index contributed by atoms with van der Waals surface area (Å²) in [7, 11) is 0. The van der Waals surface area contributed by atoms with Gasteiger partial charge in [-0.05, 0) is 42.0 Å². The Bertz CT molecular complexity index is 810. The Kier molecular flexibility index (Phi) is 4.58. The molecule has 0 aliphatic carbocycles. The van der Waals surface area contributed by atoms with Gasteiger partial charge in [0.05, 0.1) is 12.0 Å². The van der Waals surface area contributed by atoms with Crippen molar-refractivity contribution in [2.24, 2.45) is 5.10 Å². The second-order valence-corrected chi connectivity index (χ2v) is 5.55. The van der Waals surface area contributed by atoms with Crippen molar-refractivity contribution in [1.82, 2.24) is 10.4 Å². The lowest BCUT2D eigenvalue weighted by molar-refractivity contribution is -0.118. The zero-order valence-corrected chi connectivity index (χ0v) is 12.8. The molecule has 1 heterocycles. The number of fused-ring (bicyclic) bond motifs is 1. The molecule has 1 amide bonds. The maximum absolute atomic E-state index is 11.7. The van der Waals surface area contributed by atoms with Gasteiger partial charge in [-0.1, -0.05) is 23.9 Å². The lowest BCUT2D eigenvalue weighted by Crippen LogP contribution is -2.19. The van der Waals surface area contributed by atoms with Gasteiger partial charge in [-0.3, -0.25) is 4.79 Å². The molecule has 0 radical (unpaired) electrons. The van der Waals surface area contributed by atoms with Gasteiger partial charge >= 0.3 is 0 Å². The molecule has 0 saturated carbocycles. The average molecular weight is 327 g/mol. The molecule has 0 fully saturated rings. The highest BCUT2D eigenvalue weighted by atomic mass is 32.2. The number of hydrogen-bond acceptors (Lipinski definition) is 6. The molecule has 6 nitrogen and oxygen atoms in total. The number of oxazole rings is 1. The summed E-state index contributed by atoms with van der Waals surface area (Å²) in [6.07, 6.45) is 1.50. The van der Waals surface area contributed by atoms with E-state index in [2.05, 4.69) is 15.5 Å². The zero-order chi connectivity index (χ0) is 16.1. The molecule has 0 atom stereocenters. The normalized spacial score (nSPS) is 11.1. The van der Waals surface area contributed by atoms with Crippen LogP contribution in [-0.2, 0) is 4.79 Å². The fourth-order valence-electron chi connectivity index (χ4n) is 1.81. The van der Waals surface area contributed by atoms with Crippen LogP contribution in [0.3, 0.4) is 0 Å². The van der Waals surface area contributed by atoms with Crippen LogP contribution in [0.25, 0.3) is 11.1 Å². The Morgan fingerprint density at radius 1 is 1.26 bits per heavy atom. The number of para-hydroxylation sites is 2. The van der Waals surface area contributed by atoms with Crippen molar-refractivity contribution >= 4 is 35.0 Å². The van der Waals surface area contributed by atoms with E-state index in [1.165, 1.54) is 18.0 Å². The Balaban J connectivity index is 1.50. The summed E-state index contributed by atoms with van der Waals surface area (Å²) in [5, 5.41) is 13.5. The molecule has 1 aromatic heterocycles. The molecule has 0 spiro atoms. The fraction of sp³-hybridized carbons (Fsp3) is 0.0625. The number of hydrazone groups is 1. The highest BCUT2D eigenvalue weighted by Gasteiger charge is 2.08. The number of rotatable bonds is 5. The topological polar surface area (TPSA) is 87.7 Å². The van der Waals surface area contributed by atoms with Gasteiger partial charge < -0.3 is 9.52 Å². The number of carbonyl (C=O) groups is 1. The number of phenolic OH excluding ortho intramolecular Hbond substituents is 1. The first-order valence-corrected chi connectivity index (χ1v) is 7.78. The highest BCUT2D eigenvalue weighted by Crippen LogP contribution is 2.22. The third kappa shape index (κ3) is 4.10. The van der Waals surface area contributed by atoms with E-state index in [0.717, 1.165) is 11.1 Å². The van der Waals surface area contributed by atoms with Crippen LogP contribution in [0.4, 0.5) is 0 Å². The van der Waals surface area contributed by atoms with Crippen molar-refractivity contribution in [2.75, 3.05) is 5.75 Å². The van der Waals surface area contributed by atoms with E-state index >= 15 is 0 Å². The number of nitrogens with one attached hydrogen (secondary N) is 1. The van der Waals surface area contributed by atoms with Crippen LogP contribution in [-0.4, -0.2) is 28.0 Å². The van der Waals surface area contributed by atoms with Gasteiger partial charge in [-0.25, -0.2) is 10.4 Å². The number of amides is 1. The van der Waals surface area contributed by atoms with E-state index in [4.69, 9.17) is 9.52 Å². The molecule has 2 N–H and O–H groups in total. The van der Waals surface area contributed by atoms with Crippen LogP contribution < -0.4 is 5.43 Å². The number of thioether (sulfide) groups is 1. The van der Waals surface area contributed by atoms with E-state index in [0.29, 0.717) is 10.8 Å². The zero-order valence-electron chi connectivity index (χ0n) is 12.0. The highest BCUT2D eigenvalue weighted by molar-refractivity contribution is 7.99. The molecular weight excluding hydrogens is 314 g/mol. The molecule has 116 valence electrons. The van der Waals surface area contributed by atoms with Gasteiger partial charge in [0.15, 0.2) is 5.58 Å². The molecule has 3 aromatic rings. The molecule has 0 aliphatic rings. The van der Waals surface area contributed by atoms with Crippen LogP contribution in [0.1, 0.15) is 5.56 Å². The Morgan fingerprint density at radius 2 is 2.04 bits per heavy atom. The lowest BCUT2D eigenvalue weighted by Gasteiger charge is -1.97. The first-order valence-electron chi connectivity index (χ1n) is 6.80. The number of benzene rings is 2. The third-order valence-corrected chi connectivity index (χ3v) is 3.73. The first-order chi connectivity index (χ1) is 11.2. The maximum atomic E-state index is 11.7. The summed E-state index contributed by atoms with van der Waals surface area (Å²) in [6.45, 7) is 0. The SMILES string of the molecule is O=C(CSc1nc2ccccc2o1)N/N=C/c1ccc(O)cc1. The van der Waals surface area contributed by atoms with Gasteiger partial charge in [0.1, 0.15) is 11.3 Å². The number of nitrogens with zero attached hydrogens (tertiary/aromatic N) is 2. The number of hydrogen-bond donors (Lipinski definition) is 2. The van der Waals surface area contributed by atoms with Crippen LogP contribution in [0.2, 0.25) is 0 Å². The summed E-state index contributed by atoms with van der Waals surface area (Å²) >= 11 is 1.21. The Hall–Kier alpha value is -2.80. The summed E-state index contributed by atoms with van der Waals surface area (Å²) < 4.78 is 5.51. The molecule has 0 saturated heterocycles. The van der Waals surface area contributed by atoms with Gasteiger partial charge in [0.25, 0.3) is 11.1 Å². The van der Waals surface area contributed by atoms with E-state index in [1.807, 2.05) is 24.3 Å². The monoisotopic (exact) mass is 327 g/mol. The van der Waals surface area contributed by atoms with Gasteiger partial charge in [-0.2, -0.15) is 5.10 Å². The number of aromatic hydroxyl groups is 1. The minimum absolute atomic E-state index is 0.153. The Labute approximate surface area is 136 Å². The van der Waals surface area contributed by atoms with Crippen LogP contribution in [0.15, 0.2) is 63.3 Å². The van der Waals surface area contributed by atoms with Crippen molar-refractivity contribution in [3.05, 3.63) is 54.1 Å². The van der Waals surface area contributed by atoms with Crippen molar-refractivity contribution in [1.29, 1.82) is 0 Å². The molecule has 0 aliphatic heterocycles. The van der Waals surface area contributed by atoms with Crippen LogP contribution in [0.5, 0.6) is 5.75 Å². The van der Waals surface area contributed by atoms with Gasteiger partial charge in [0.2, 0.25) is 0 Å². The van der Waals surface area contributed by atoms with Crippen molar-refractivity contribution in [3.63, 3.8) is 0 Å². The van der Waals surface area contributed by atoms with Crippen molar-refractivity contribution < 1.29 is 14.3 Å². The molecule has 0 bridgehead atoms. The van der Waals surface area contributed by atoms with E-state index < -0.39 is 0 Å². The summed E-state index contributed by atoms with van der Waals surface area (Å²) in [5.74, 6) is 0.0768. The second-order valence-electron chi connectivity index (χ2n) is 4.62. The van der Waals surface area contributed by atoms with Crippen molar-refractivity contribution in [3.8, 4) is 5.75 Å². The fourth-order valence-corrected chi connectivity index (χ4v) is 2.44. The van der Waals surface area contributed by atoms with Crippen LogP contribution in [0, 0.1) is 0 Å². The summed E-state index contributed by atoms with van der Waals surface area (Å²) in [5.41, 5.74) is 4.66. The molecule has 3 rings (SSSR count).